The summed E-state index contributed by atoms with van der Waals surface area (Å²) in [4.78, 5) is 38.5. The highest BCUT2D eigenvalue weighted by Crippen LogP contribution is 2.66. The van der Waals surface area contributed by atoms with Gasteiger partial charge in [0.2, 0.25) is 5.78 Å². The van der Waals surface area contributed by atoms with E-state index in [1.807, 2.05) is 6.92 Å². The molecule has 2 aliphatic carbocycles. The molecule has 2 spiro atoms. The summed E-state index contributed by atoms with van der Waals surface area (Å²) in [5.41, 5.74) is -4.09. The fourth-order valence-electron chi connectivity index (χ4n) is 7.01. The van der Waals surface area contributed by atoms with Gasteiger partial charge in [-0.15, -0.1) is 0 Å². The van der Waals surface area contributed by atoms with Crippen molar-refractivity contribution in [3.63, 3.8) is 0 Å². The monoisotopic (exact) mass is 408 g/mol. The van der Waals surface area contributed by atoms with Crippen LogP contribution in [0.15, 0.2) is 0 Å². The molecule has 0 aromatic heterocycles. The van der Waals surface area contributed by atoms with Gasteiger partial charge >= 0.3 is 11.9 Å². The predicted octanol–water partition coefficient (Wildman–Crippen LogP) is 1.27. The van der Waals surface area contributed by atoms with Crippen LogP contribution in [0.5, 0.6) is 0 Å². The van der Waals surface area contributed by atoms with Crippen LogP contribution < -0.4 is 0 Å². The van der Waals surface area contributed by atoms with Crippen molar-refractivity contribution in [3.05, 3.63) is 0 Å². The van der Waals surface area contributed by atoms with Gasteiger partial charge in [0.25, 0.3) is 0 Å². The summed E-state index contributed by atoms with van der Waals surface area (Å²) in [5, 5.41) is 9.95. The van der Waals surface area contributed by atoms with Crippen LogP contribution in [-0.2, 0) is 33.3 Å². The number of aliphatic hydroxyl groups is 1. The van der Waals surface area contributed by atoms with E-state index in [0.717, 1.165) is 12.8 Å². The van der Waals surface area contributed by atoms with Crippen molar-refractivity contribution < 1.29 is 38.4 Å². The summed E-state index contributed by atoms with van der Waals surface area (Å²) in [6.45, 7) is 5.00. The lowest BCUT2D eigenvalue weighted by Crippen LogP contribution is -2.73. The molecule has 5 fully saturated rings. The van der Waals surface area contributed by atoms with Crippen molar-refractivity contribution in [3.8, 4) is 0 Å². The molecule has 1 N–H and O–H groups in total. The van der Waals surface area contributed by atoms with Crippen LogP contribution in [0.1, 0.15) is 59.3 Å². The smallest absolute Gasteiger partial charge is 0.312 e. The van der Waals surface area contributed by atoms with Gasteiger partial charge in [-0.05, 0) is 39.5 Å². The van der Waals surface area contributed by atoms with Crippen LogP contribution >= 0.6 is 0 Å². The Morgan fingerprint density at radius 3 is 2.62 bits per heavy atom. The Labute approximate surface area is 169 Å². The Bertz CT molecular complexity index is 796. The number of ether oxygens (including phenoxy) is 4. The maximum Gasteiger partial charge on any atom is 0.312 e. The van der Waals surface area contributed by atoms with Gasteiger partial charge in [-0.2, -0.15) is 0 Å². The molecule has 0 bridgehead atoms. The number of Topliss-reactive ketones (excluding diaryl/α,β-unsaturated/α-hetero) is 1. The maximum absolute atomic E-state index is 13.7. The van der Waals surface area contributed by atoms with E-state index in [1.54, 1.807) is 6.92 Å². The second kappa shape index (κ2) is 5.80. The number of esters is 2. The molecule has 8 unspecified atom stereocenters. The summed E-state index contributed by atoms with van der Waals surface area (Å²) in [6.07, 6.45) is 1.81. The molecule has 29 heavy (non-hydrogen) atoms. The number of carbonyl (C=O) groups is 3. The Balaban J connectivity index is 1.65. The van der Waals surface area contributed by atoms with E-state index in [-0.39, 0.29) is 24.4 Å². The highest BCUT2D eigenvalue weighted by atomic mass is 16.7. The summed E-state index contributed by atoms with van der Waals surface area (Å²) in [5.74, 6) is -1.79. The Kier molecular flexibility index (Phi) is 3.89. The first-order chi connectivity index (χ1) is 13.6. The number of carbonyl (C=O) groups excluding carboxylic acids is 3. The fourth-order valence-corrected chi connectivity index (χ4v) is 7.01. The van der Waals surface area contributed by atoms with Crippen molar-refractivity contribution in [2.24, 2.45) is 17.3 Å². The van der Waals surface area contributed by atoms with Crippen LogP contribution in [0.25, 0.3) is 0 Å². The third kappa shape index (κ3) is 2.28. The molecule has 0 amide bonds. The van der Waals surface area contributed by atoms with Gasteiger partial charge in [-0.25, -0.2) is 0 Å². The second-order valence-corrected chi connectivity index (χ2v) is 9.90. The van der Waals surface area contributed by atoms with Crippen molar-refractivity contribution >= 4 is 17.7 Å². The first kappa shape index (κ1) is 19.5. The fraction of sp³-hybridized carbons (Fsp3) is 0.857. The van der Waals surface area contributed by atoms with Gasteiger partial charge in [0.05, 0.1) is 17.6 Å². The van der Waals surface area contributed by atoms with Crippen molar-refractivity contribution in [1.29, 1.82) is 0 Å². The van der Waals surface area contributed by atoms with Gasteiger partial charge < -0.3 is 24.1 Å². The van der Waals surface area contributed by atoms with Crippen LogP contribution in [-0.4, -0.2) is 58.6 Å². The van der Waals surface area contributed by atoms with Gasteiger partial charge in [0.15, 0.2) is 18.0 Å². The summed E-state index contributed by atoms with van der Waals surface area (Å²) in [7, 11) is 0. The molecule has 3 aliphatic heterocycles. The zero-order valence-electron chi connectivity index (χ0n) is 17.1. The van der Waals surface area contributed by atoms with Crippen molar-refractivity contribution in [1.82, 2.24) is 0 Å². The lowest BCUT2D eigenvalue weighted by molar-refractivity contribution is -0.260. The number of fused-ring (bicyclic) bond motifs is 1. The zero-order chi connectivity index (χ0) is 20.8. The number of hydrogen-bond donors (Lipinski definition) is 1. The van der Waals surface area contributed by atoms with Gasteiger partial charge in [-0.3, -0.25) is 14.4 Å². The van der Waals surface area contributed by atoms with E-state index >= 15 is 0 Å². The van der Waals surface area contributed by atoms with Crippen molar-refractivity contribution in [2.45, 2.75) is 88.5 Å². The summed E-state index contributed by atoms with van der Waals surface area (Å²) in [6, 6.07) is 0. The number of rotatable bonds is 1. The predicted molar refractivity (Wildman–Crippen MR) is 96.4 cm³/mol. The van der Waals surface area contributed by atoms with Crippen LogP contribution in [0.4, 0.5) is 0 Å². The molecule has 0 aromatic rings. The standard InChI is InChI=1S/C21H28O8/c1-11(22)28-19(3)16(24)15-14-12(5-4-6-18(14,2)17(25)27-15)21(19)8-7-20(29-21)9-13(23)26-10-20/h12-15,23H,4-10H2,1-3H3. The minimum atomic E-state index is -1.56. The Hall–Kier alpha value is -1.51. The van der Waals surface area contributed by atoms with Crippen LogP contribution in [0.2, 0.25) is 0 Å². The highest BCUT2D eigenvalue weighted by molar-refractivity contribution is 5.99. The topological polar surface area (TPSA) is 108 Å². The third-order valence-corrected chi connectivity index (χ3v) is 8.33. The molecule has 3 saturated heterocycles. The molecule has 3 heterocycles. The quantitative estimate of drug-likeness (QED) is 0.646. The van der Waals surface area contributed by atoms with Gasteiger partial charge in [0, 0.05) is 25.2 Å². The first-order valence-electron chi connectivity index (χ1n) is 10.5. The molecule has 0 radical (unpaired) electrons. The largest absolute Gasteiger partial charge is 0.453 e. The van der Waals surface area contributed by atoms with E-state index in [0.29, 0.717) is 25.7 Å². The molecular weight excluding hydrogens is 380 g/mol. The van der Waals surface area contributed by atoms with Gasteiger partial charge in [0.1, 0.15) is 5.60 Å². The number of aliphatic hydroxyl groups excluding tert-OH is 1. The first-order valence-corrected chi connectivity index (χ1v) is 10.5. The number of hydrogen-bond acceptors (Lipinski definition) is 8. The van der Waals surface area contributed by atoms with Crippen LogP contribution in [0, 0.1) is 17.3 Å². The van der Waals surface area contributed by atoms with Crippen molar-refractivity contribution in [2.75, 3.05) is 6.61 Å². The minimum Gasteiger partial charge on any atom is -0.453 e. The maximum atomic E-state index is 13.7. The molecule has 5 rings (SSSR count). The summed E-state index contributed by atoms with van der Waals surface area (Å²) < 4.78 is 23.4. The van der Waals surface area contributed by atoms with Gasteiger partial charge in [-0.1, -0.05) is 6.42 Å². The van der Waals surface area contributed by atoms with E-state index in [9.17, 15) is 19.5 Å². The highest BCUT2D eigenvalue weighted by Gasteiger charge is 2.78. The zero-order valence-corrected chi connectivity index (χ0v) is 17.1. The molecule has 8 heteroatoms. The molecule has 2 saturated carbocycles. The lowest BCUT2D eigenvalue weighted by atomic mass is 9.49. The summed E-state index contributed by atoms with van der Waals surface area (Å²) >= 11 is 0. The molecule has 0 aromatic carbocycles. The third-order valence-electron chi connectivity index (χ3n) is 8.33. The SMILES string of the molecule is CC(=O)OC1(C)C(=O)C2OC(=O)C3(C)CCCC(C23)C12CCC1(COC(O)C1)O2. The minimum absolute atomic E-state index is 0.170. The molecular formula is C21H28O8. The van der Waals surface area contributed by atoms with E-state index in [1.165, 1.54) is 6.92 Å². The number of ketones is 1. The Morgan fingerprint density at radius 2 is 1.97 bits per heavy atom. The molecule has 8 atom stereocenters. The van der Waals surface area contributed by atoms with E-state index < -0.39 is 46.4 Å². The van der Waals surface area contributed by atoms with E-state index in [2.05, 4.69) is 0 Å². The lowest BCUT2D eigenvalue weighted by Gasteiger charge is -2.58. The molecule has 160 valence electrons. The Morgan fingerprint density at radius 1 is 1.21 bits per heavy atom. The molecule has 5 aliphatic rings. The molecule has 8 nitrogen and oxygen atoms in total. The average Bonchev–Trinajstić information content (AvgIpc) is 3.28. The van der Waals surface area contributed by atoms with E-state index in [4.69, 9.17) is 18.9 Å². The second-order valence-electron chi connectivity index (χ2n) is 9.90. The van der Waals surface area contributed by atoms with Crippen LogP contribution in [0.3, 0.4) is 0 Å². The normalized spacial score (nSPS) is 53.4. The average molecular weight is 408 g/mol.